The number of amides is 2. The molecule has 1 fully saturated rings. The maximum atomic E-state index is 11.7. The lowest BCUT2D eigenvalue weighted by atomic mass is 10.1. The van der Waals surface area contributed by atoms with Crippen LogP contribution < -0.4 is 16.0 Å². The topological polar surface area (TPSA) is 53.2 Å². The van der Waals surface area contributed by atoms with E-state index in [4.69, 9.17) is 0 Å². The first kappa shape index (κ1) is 13.9. The van der Waals surface area contributed by atoms with E-state index >= 15 is 0 Å². The van der Waals surface area contributed by atoms with Gasteiger partial charge in [0.2, 0.25) is 0 Å². The van der Waals surface area contributed by atoms with E-state index in [2.05, 4.69) is 29.8 Å². The van der Waals surface area contributed by atoms with Gasteiger partial charge in [-0.2, -0.15) is 0 Å². The zero-order valence-electron chi connectivity index (χ0n) is 11.9. The lowest BCUT2D eigenvalue weighted by Crippen LogP contribution is -2.32. The molecule has 1 unspecified atom stereocenters. The molecule has 0 saturated heterocycles. The van der Waals surface area contributed by atoms with E-state index in [0.29, 0.717) is 11.5 Å². The predicted molar refractivity (Wildman–Crippen MR) is 78.3 cm³/mol. The Hall–Kier alpha value is -1.55. The van der Waals surface area contributed by atoms with E-state index in [1.807, 2.05) is 31.3 Å². The number of carbonyl (C=O) groups excluding carboxylic acids is 1. The molecule has 0 heterocycles. The van der Waals surface area contributed by atoms with Gasteiger partial charge in [-0.25, -0.2) is 4.79 Å². The molecule has 1 aromatic rings. The van der Waals surface area contributed by atoms with Crippen molar-refractivity contribution in [3.63, 3.8) is 0 Å². The summed E-state index contributed by atoms with van der Waals surface area (Å²) in [6, 6.07) is 8.11. The van der Waals surface area contributed by atoms with E-state index in [1.54, 1.807) is 0 Å². The van der Waals surface area contributed by atoms with Crippen molar-refractivity contribution in [1.29, 1.82) is 0 Å². The Balaban J connectivity index is 1.83. The minimum absolute atomic E-state index is 0.123. The van der Waals surface area contributed by atoms with E-state index < -0.39 is 0 Å². The highest BCUT2D eigenvalue weighted by atomic mass is 16.2. The summed E-state index contributed by atoms with van der Waals surface area (Å²) in [5.41, 5.74) is 2.37. The van der Waals surface area contributed by atoms with E-state index in [0.717, 1.165) is 12.2 Å². The summed E-state index contributed by atoms with van der Waals surface area (Å²) in [6.45, 7) is 5.06. The summed E-state index contributed by atoms with van der Waals surface area (Å²) in [6.07, 6.45) is 2.42. The molecule has 2 rings (SSSR count). The molecule has 2 amide bonds. The number of carbonyl (C=O) groups is 1. The van der Waals surface area contributed by atoms with Crippen LogP contribution in [-0.2, 0) is 0 Å². The fraction of sp³-hybridized carbons (Fsp3) is 0.533. The highest BCUT2D eigenvalue weighted by molar-refractivity contribution is 5.89. The number of urea groups is 1. The van der Waals surface area contributed by atoms with Gasteiger partial charge in [-0.1, -0.05) is 19.1 Å². The van der Waals surface area contributed by atoms with Gasteiger partial charge < -0.3 is 16.0 Å². The first-order chi connectivity index (χ1) is 9.02. The maximum Gasteiger partial charge on any atom is 0.319 e. The molecular weight excluding hydrogens is 238 g/mol. The molecule has 3 N–H and O–H groups in total. The van der Waals surface area contributed by atoms with Crippen molar-refractivity contribution in [2.24, 2.45) is 5.41 Å². The molecule has 1 aliphatic rings. The molecule has 0 aliphatic heterocycles. The lowest BCUT2D eigenvalue weighted by Gasteiger charge is -2.13. The Morgan fingerprint density at radius 3 is 2.47 bits per heavy atom. The third-order valence-electron chi connectivity index (χ3n) is 3.88. The van der Waals surface area contributed by atoms with Gasteiger partial charge in [0.15, 0.2) is 0 Å². The van der Waals surface area contributed by atoms with Crippen LogP contribution in [0, 0.1) is 5.41 Å². The number of benzene rings is 1. The number of hydrogen-bond acceptors (Lipinski definition) is 2. The van der Waals surface area contributed by atoms with E-state index in [-0.39, 0.29) is 6.03 Å². The van der Waals surface area contributed by atoms with Gasteiger partial charge in [0.1, 0.15) is 0 Å². The molecule has 104 valence electrons. The standard InChI is InChI=1S/C15H23N3O/c1-11(16-3)12-4-6-13(7-5-12)18-14(19)17-10-15(2)8-9-15/h4-7,11,16H,8-10H2,1-3H3,(H2,17,18,19). The van der Waals surface area contributed by atoms with Crippen molar-refractivity contribution in [2.45, 2.75) is 32.7 Å². The summed E-state index contributed by atoms with van der Waals surface area (Å²) >= 11 is 0. The van der Waals surface area contributed by atoms with Gasteiger partial charge in [-0.15, -0.1) is 0 Å². The highest BCUT2D eigenvalue weighted by Crippen LogP contribution is 2.43. The van der Waals surface area contributed by atoms with Crippen LogP contribution in [0.25, 0.3) is 0 Å². The van der Waals surface area contributed by atoms with Gasteiger partial charge in [0.05, 0.1) is 0 Å². The van der Waals surface area contributed by atoms with Gasteiger partial charge in [-0.3, -0.25) is 0 Å². The second-order valence-electron chi connectivity index (χ2n) is 5.75. The molecule has 19 heavy (non-hydrogen) atoms. The number of rotatable bonds is 5. The van der Waals surface area contributed by atoms with Crippen molar-refractivity contribution in [1.82, 2.24) is 10.6 Å². The van der Waals surface area contributed by atoms with E-state index in [1.165, 1.54) is 18.4 Å². The Kier molecular flexibility index (Phi) is 4.10. The number of anilines is 1. The van der Waals surface area contributed by atoms with Crippen LogP contribution >= 0.6 is 0 Å². The molecule has 0 spiro atoms. The first-order valence-electron chi connectivity index (χ1n) is 6.84. The molecular formula is C15H23N3O. The Morgan fingerprint density at radius 1 is 1.32 bits per heavy atom. The van der Waals surface area contributed by atoms with E-state index in [9.17, 15) is 4.79 Å². The minimum atomic E-state index is -0.123. The van der Waals surface area contributed by atoms with Crippen LogP contribution in [0.4, 0.5) is 10.5 Å². The fourth-order valence-corrected chi connectivity index (χ4v) is 1.88. The lowest BCUT2D eigenvalue weighted by molar-refractivity contribution is 0.250. The summed E-state index contributed by atoms with van der Waals surface area (Å²) in [4.78, 5) is 11.7. The SMILES string of the molecule is CNC(C)c1ccc(NC(=O)NCC2(C)CC2)cc1. The Labute approximate surface area is 115 Å². The summed E-state index contributed by atoms with van der Waals surface area (Å²) < 4.78 is 0. The molecule has 1 atom stereocenters. The van der Waals surface area contributed by atoms with Crippen LogP contribution in [0.3, 0.4) is 0 Å². The van der Waals surface area contributed by atoms with Crippen molar-refractivity contribution in [3.05, 3.63) is 29.8 Å². The predicted octanol–water partition coefficient (Wildman–Crippen LogP) is 2.89. The number of hydrogen-bond donors (Lipinski definition) is 3. The highest BCUT2D eigenvalue weighted by Gasteiger charge is 2.37. The van der Waals surface area contributed by atoms with Crippen LogP contribution in [0.5, 0.6) is 0 Å². The van der Waals surface area contributed by atoms with Crippen molar-refractivity contribution < 1.29 is 4.79 Å². The molecule has 1 aromatic carbocycles. The van der Waals surface area contributed by atoms with Crippen LogP contribution in [-0.4, -0.2) is 19.6 Å². The van der Waals surface area contributed by atoms with Crippen LogP contribution in [0.1, 0.15) is 38.3 Å². The summed E-state index contributed by atoms with van der Waals surface area (Å²) in [5.74, 6) is 0. The molecule has 0 bridgehead atoms. The first-order valence-corrected chi connectivity index (χ1v) is 6.84. The molecule has 4 heteroatoms. The smallest absolute Gasteiger partial charge is 0.319 e. The molecule has 1 saturated carbocycles. The van der Waals surface area contributed by atoms with Crippen LogP contribution in [0.15, 0.2) is 24.3 Å². The van der Waals surface area contributed by atoms with Crippen molar-refractivity contribution in [3.8, 4) is 0 Å². The average molecular weight is 261 g/mol. The average Bonchev–Trinajstić information content (AvgIpc) is 3.15. The largest absolute Gasteiger partial charge is 0.337 e. The van der Waals surface area contributed by atoms with Gasteiger partial charge >= 0.3 is 6.03 Å². The summed E-state index contributed by atoms with van der Waals surface area (Å²) in [5, 5.41) is 8.96. The molecule has 4 nitrogen and oxygen atoms in total. The Bertz CT molecular complexity index is 437. The number of nitrogens with one attached hydrogen (secondary N) is 3. The molecule has 0 radical (unpaired) electrons. The van der Waals surface area contributed by atoms with Gasteiger partial charge in [-0.05, 0) is 49.9 Å². The third-order valence-corrected chi connectivity index (χ3v) is 3.88. The summed E-state index contributed by atoms with van der Waals surface area (Å²) in [7, 11) is 1.93. The molecule has 1 aliphatic carbocycles. The van der Waals surface area contributed by atoms with Gasteiger partial charge in [0, 0.05) is 18.3 Å². The third kappa shape index (κ3) is 3.96. The minimum Gasteiger partial charge on any atom is -0.337 e. The second-order valence-corrected chi connectivity index (χ2v) is 5.75. The van der Waals surface area contributed by atoms with Crippen molar-refractivity contribution >= 4 is 11.7 Å². The van der Waals surface area contributed by atoms with Gasteiger partial charge in [0.25, 0.3) is 0 Å². The fourth-order valence-electron chi connectivity index (χ4n) is 1.88. The van der Waals surface area contributed by atoms with Crippen molar-refractivity contribution in [2.75, 3.05) is 18.9 Å². The zero-order valence-corrected chi connectivity index (χ0v) is 11.9. The van der Waals surface area contributed by atoms with Crippen LogP contribution in [0.2, 0.25) is 0 Å². The maximum absolute atomic E-state index is 11.7. The quantitative estimate of drug-likeness (QED) is 0.763. The zero-order chi connectivity index (χ0) is 13.9. The normalized spacial score (nSPS) is 17.6. The second kappa shape index (κ2) is 5.61. The Morgan fingerprint density at radius 2 is 1.95 bits per heavy atom. The molecule has 0 aromatic heterocycles. The monoisotopic (exact) mass is 261 g/mol.